The Morgan fingerprint density at radius 2 is 1.54 bits per heavy atom. The quantitative estimate of drug-likeness (QED) is 0.326. The molecular formula is C28H27N3O3S. The van der Waals surface area contributed by atoms with Crippen molar-refractivity contribution < 1.29 is 14.7 Å². The zero-order valence-corrected chi connectivity index (χ0v) is 20.0. The Labute approximate surface area is 208 Å². The van der Waals surface area contributed by atoms with Crippen LogP contribution < -0.4 is 10.2 Å². The molecule has 0 aliphatic heterocycles. The van der Waals surface area contributed by atoms with Crippen LogP contribution in [0.1, 0.15) is 36.3 Å². The number of hydrogen-bond acceptors (Lipinski definition) is 4. The zero-order chi connectivity index (χ0) is 24.2. The van der Waals surface area contributed by atoms with Crippen LogP contribution in [0.15, 0.2) is 84.9 Å². The van der Waals surface area contributed by atoms with Crippen molar-refractivity contribution >= 4 is 38.7 Å². The molecule has 178 valence electrons. The van der Waals surface area contributed by atoms with Gasteiger partial charge in [0.15, 0.2) is 5.13 Å². The number of nitrogens with one attached hydrogen (secondary N) is 1. The lowest BCUT2D eigenvalue weighted by Crippen LogP contribution is -2.51. The van der Waals surface area contributed by atoms with Gasteiger partial charge in [-0.2, -0.15) is 0 Å². The van der Waals surface area contributed by atoms with Crippen molar-refractivity contribution in [2.45, 2.75) is 31.2 Å². The summed E-state index contributed by atoms with van der Waals surface area (Å²) in [6.07, 6.45) is 1.65. The molecule has 1 aliphatic carbocycles. The average Bonchev–Trinajstić information content (AvgIpc) is 3.28. The normalized spacial score (nSPS) is 17.2. The second kappa shape index (κ2) is 10.3. The molecule has 0 radical (unpaired) electrons. The van der Waals surface area contributed by atoms with Gasteiger partial charge in [0.05, 0.1) is 16.1 Å². The number of para-hydroxylation sites is 1. The minimum Gasteiger partial charge on any atom is -0.481 e. The Kier molecular flexibility index (Phi) is 6.77. The molecular weight excluding hydrogens is 458 g/mol. The fourth-order valence-electron chi connectivity index (χ4n) is 4.60. The molecule has 2 N–H and O–H groups in total. The molecule has 0 saturated heterocycles. The fourth-order valence-corrected chi connectivity index (χ4v) is 5.59. The van der Waals surface area contributed by atoms with Crippen LogP contribution in [0.5, 0.6) is 0 Å². The molecule has 0 spiro atoms. The molecule has 5 rings (SSSR count). The molecule has 1 heterocycles. The number of aromatic nitrogens is 1. The molecule has 6 nitrogen and oxygen atoms in total. The number of fused-ring (bicyclic) bond motifs is 1. The van der Waals surface area contributed by atoms with Crippen molar-refractivity contribution in [2.75, 3.05) is 11.4 Å². The van der Waals surface area contributed by atoms with E-state index in [0.29, 0.717) is 24.5 Å². The molecule has 4 aromatic rings. The second-order valence-electron chi connectivity index (χ2n) is 8.93. The van der Waals surface area contributed by atoms with E-state index in [9.17, 15) is 14.7 Å². The Hall–Kier alpha value is -3.71. The van der Waals surface area contributed by atoms with Gasteiger partial charge in [0.2, 0.25) is 0 Å². The lowest BCUT2D eigenvalue weighted by Gasteiger charge is -2.34. The molecule has 35 heavy (non-hydrogen) atoms. The van der Waals surface area contributed by atoms with Gasteiger partial charge in [0.1, 0.15) is 0 Å². The van der Waals surface area contributed by atoms with Crippen LogP contribution in [-0.2, 0) is 4.79 Å². The van der Waals surface area contributed by atoms with Crippen LogP contribution in [0.4, 0.5) is 9.93 Å². The highest BCUT2D eigenvalue weighted by Crippen LogP contribution is 2.33. The smallest absolute Gasteiger partial charge is 0.323 e. The average molecular weight is 486 g/mol. The molecule has 0 bridgehead atoms. The summed E-state index contributed by atoms with van der Waals surface area (Å²) in [6, 6.07) is 28.2. The van der Waals surface area contributed by atoms with Crippen molar-refractivity contribution in [1.82, 2.24) is 10.3 Å². The Morgan fingerprint density at radius 1 is 0.943 bits per heavy atom. The predicted octanol–water partition coefficient (Wildman–Crippen LogP) is 5.90. The number of hydrogen-bond donors (Lipinski definition) is 2. The zero-order valence-electron chi connectivity index (χ0n) is 19.2. The monoisotopic (exact) mass is 485 g/mol. The van der Waals surface area contributed by atoms with Crippen molar-refractivity contribution in [3.05, 3.63) is 96.1 Å². The van der Waals surface area contributed by atoms with Crippen LogP contribution in [0.2, 0.25) is 0 Å². The van der Waals surface area contributed by atoms with Gasteiger partial charge in [0.25, 0.3) is 0 Å². The van der Waals surface area contributed by atoms with Crippen LogP contribution in [0, 0.1) is 5.92 Å². The Morgan fingerprint density at radius 3 is 2.14 bits per heavy atom. The number of rotatable bonds is 8. The number of urea groups is 1. The summed E-state index contributed by atoms with van der Waals surface area (Å²) < 4.78 is 1.03. The summed E-state index contributed by atoms with van der Waals surface area (Å²) in [4.78, 5) is 31.1. The number of amides is 2. The number of carboxylic acid groups (broad SMARTS) is 1. The lowest BCUT2D eigenvalue weighted by atomic mass is 9.80. The highest BCUT2D eigenvalue weighted by Gasteiger charge is 2.36. The highest BCUT2D eigenvalue weighted by molar-refractivity contribution is 7.22. The molecule has 0 atom stereocenters. The van der Waals surface area contributed by atoms with Crippen LogP contribution in [0.3, 0.4) is 0 Å². The number of carbonyl (C=O) groups excluding carboxylic acids is 1. The van der Waals surface area contributed by atoms with Crippen molar-refractivity contribution in [3.63, 3.8) is 0 Å². The van der Waals surface area contributed by atoms with Gasteiger partial charge in [-0.05, 0) is 42.5 Å². The van der Waals surface area contributed by atoms with E-state index in [1.54, 1.807) is 4.90 Å². The summed E-state index contributed by atoms with van der Waals surface area (Å²) in [7, 11) is 0. The summed E-state index contributed by atoms with van der Waals surface area (Å²) in [6.45, 7) is 0.481. The summed E-state index contributed by atoms with van der Waals surface area (Å²) >= 11 is 1.50. The molecule has 0 unspecified atom stereocenters. The molecule has 1 fully saturated rings. The standard InChI is InChI=1S/C28H27N3O3S/c32-26(33)21-17-22(18-21)29-27(34)31(28-30-24-13-7-8-14-25(24)35-28)16-15-23(19-9-3-1-4-10-19)20-11-5-2-6-12-20/h1-14,21-23H,15-18H2,(H,29,34)(H,32,33)/t21-,22+. The van der Waals surface area contributed by atoms with E-state index in [1.807, 2.05) is 60.7 Å². The molecule has 2 amide bonds. The SMILES string of the molecule is O=C(N[C@H]1C[C@@H](C(=O)O)C1)N(CCC(c1ccccc1)c1ccccc1)c1nc2ccccc2s1. The number of benzene rings is 3. The number of anilines is 1. The lowest BCUT2D eigenvalue weighted by molar-refractivity contribution is -0.145. The molecule has 1 aromatic heterocycles. The van der Waals surface area contributed by atoms with E-state index in [4.69, 9.17) is 4.98 Å². The van der Waals surface area contributed by atoms with Gasteiger partial charge in [-0.3, -0.25) is 9.69 Å². The van der Waals surface area contributed by atoms with Gasteiger partial charge in [0, 0.05) is 18.5 Å². The highest BCUT2D eigenvalue weighted by atomic mass is 32.1. The largest absolute Gasteiger partial charge is 0.481 e. The van der Waals surface area contributed by atoms with E-state index in [1.165, 1.54) is 22.5 Å². The van der Waals surface area contributed by atoms with E-state index < -0.39 is 5.97 Å². The Balaban J connectivity index is 1.39. The van der Waals surface area contributed by atoms with Crippen LogP contribution >= 0.6 is 11.3 Å². The number of carboxylic acids is 1. The third-order valence-corrected chi connectivity index (χ3v) is 7.68. The van der Waals surface area contributed by atoms with Gasteiger partial charge < -0.3 is 10.4 Å². The first kappa shape index (κ1) is 23.1. The maximum atomic E-state index is 13.4. The summed E-state index contributed by atoms with van der Waals surface area (Å²) in [5, 5.41) is 12.9. The minimum absolute atomic E-state index is 0.125. The van der Waals surface area contributed by atoms with E-state index in [2.05, 4.69) is 29.6 Å². The predicted molar refractivity (Wildman–Crippen MR) is 139 cm³/mol. The molecule has 3 aromatic carbocycles. The maximum Gasteiger partial charge on any atom is 0.323 e. The van der Waals surface area contributed by atoms with E-state index in [0.717, 1.165) is 16.6 Å². The number of carbonyl (C=O) groups is 2. The van der Waals surface area contributed by atoms with E-state index >= 15 is 0 Å². The van der Waals surface area contributed by atoms with Gasteiger partial charge in [-0.1, -0.05) is 84.1 Å². The second-order valence-corrected chi connectivity index (χ2v) is 9.94. The first-order valence-corrected chi connectivity index (χ1v) is 12.7. The topological polar surface area (TPSA) is 82.5 Å². The van der Waals surface area contributed by atoms with Crippen LogP contribution in [-0.4, -0.2) is 34.7 Å². The van der Waals surface area contributed by atoms with Crippen molar-refractivity contribution in [1.29, 1.82) is 0 Å². The van der Waals surface area contributed by atoms with Crippen molar-refractivity contribution in [2.24, 2.45) is 5.92 Å². The molecule has 7 heteroatoms. The van der Waals surface area contributed by atoms with Gasteiger partial charge in [-0.15, -0.1) is 0 Å². The number of nitrogens with zero attached hydrogens (tertiary/aromatic N) is 2. The summed E-state index contributed by atoms with van der Waals surface area (Å²) in [5.41, 5.74) is 3.26. The van der Waals surface area contributed by atoms with Gasteiger partial charge >= 0.3 is 12.0 Å². The number of aliphatic carboxylic acids is 1. The van der Waals surface area contributed by atoms with Crippen molar-refractivity contribution in [3.8, 4) is 0 Å². The van der Waals surface area contributed by atoms with Gasteiger partial charge in [-0.25, -0.2) is 9.78 Å². The fraction of sp³-hybridized carbons (Fsp3) is 0.250. The third kappa shape index (κ3) is 5.20. The van der Waals surface area contributed by atoms with E-state index in [-0.39, 0.29) is 23.9 Å². The first-order chi connectivity index (χ1) is 17.1. The third-order valence-electron chi connectivity index (χ3n) is 6.62. The maximum absolute atomic E-state index is 13.4. The Bertz CT molecular complexity index is 1230. The minimum atomic E-state index is -0.799. The summed E-state index contributed by atoms with van der Waals surface area (Å²) in [5.74, 6) is -1.05. The molecule has 1 saturated carbocycles. The first-order valence-electron chi connectivity index (χ1n) is 11.8. The molecule has 1 aliphatic rings. The number of thiazole rings is 1. The van der Waals surface area contributed by atoms with Crippen LogP contribution in [0.25, 0.3) is 10.2 Å².